The molecule has 2 aromatic carbocycles. The summed E-state index contributed by atoms with van der Waals surface area (Å²) in [7, 11) is 3.43. The summed E-state index contributed by atoms with van der Waals surface area (Å²) in [5.41, 5.74) is 4.40. The van der Waals surface area contributed by atoms with Gasteiger partial charge in [0.2, 0.25) is 0 Å². The molecule has 3 rings (SSSR count). The standard InChI is InChI=1S/C23H29N5O2.HI/c1-18-8-9-20(22(14-18)30-13-12-29-3)17-26-23(24-2)25-16-19-6-4-7-21(15-19)28-11-5-10-27-28;/h4-11,14-15H,12-13,16-17H2,1-3H3,(H2,24,25,26);1H. The van der Waals surface area contributed by atoms with Crippen LogP contribution in [-0.2, 0) is 17.8 Å². The molecule has 7 nitrogen and oxygen atoms in total. The molecule has 0 bridgehead atoms. The van der Waals surface area contributed by atoms with Gasteiger partial charge in [-0.1, -0.05) is 24.3 Å². The third-order valence-corrected chi connectivity index (χ3v) is 4.58. The Bertz CT molecular complexity index is 960. The van der Waals surface area contributed by atoms with Gasteiger partial charge in [0.15, 0.2) is 5.96 Å². The van der Waals surface area contributed by atoms with Crippen molar-refractivity contribution in [1.29, 1.82) is 0 Å². The molecule has 0 amide bonds. The van der Waals surface area contributed by atoms with E-state index in [0.29, 0.717) is 26.3 Å². The Balaban J connectivity index is 0.00000341. The number of aliphatic imine (C=N–C) groups is 1. The van der Waals surface area contributed by atoms with Crippen LogP contribution in [0.5, 0.6) is 5.75 Å². The van der Waals surface area contributed by atoms with E-state index in [1.165, 1.54) is 0 Å². The number of aryl methyl sites for hydroxylation is 1. The second-order valence-electron chi connectivity index (χ2n) is 6.85. The molecule has 0 aliphatic carbocycles. The smallest absolute Gasteiger partial charge is 0.191 e. The normalized spacial score (nSPS) is 11.0. The SMILES string of the molecule is CN=C(NCc1cccc(-n2cccn2)c1)NCc1ccc(C)cc1OCCOC.I. The van der Waals surface area contributed by atoms with Crippen molar-refractivity contribution < 1.29 is 9.47 Å². The Kier molecular flexibility index (Phi) is 10.3. The molecule has 0 aliphatic heterocycles. The van der Waals surface area contributed by atoms with E-state index in [9.17, 15) is 0 Å². The molecule has 1 aromatic heterocycles. The number of halogens is 1. The van der Waals surface area contributed by atoms with Gasteiger partial charge in [0.1, 0.15) is 12.4 Å². The molecular formula is C23H30IN5O2. The zero-order valence-corrected chi connectivity index (χ0v) is 20.5. The first-order chi connectivity index (χ1) is 14.7. The lowest BCUT2D eigenvalue weighted by molar-refractivity contribution is 0.145. The Morgan fingerprint density at radius 1 is 1.06 bits per heavy atom. The van der Waals surface area contributed by atoms with Crippen molar-refractivity contribution in [3.63, 3.8) is 0 Å². The first-order valence-corrected chi connectivity index (χ1v) is 9.94. The van der Waals surface area contributed by atoms with E-state index in [-0.39, 0.29) is 24.0 Å². The van der Waals surface area contributed by atoms with E-state index < -0.39 is 0 Å². The number of ether oxygens (including phenoxy) is 2. The van der Waals surface area contributed by atoms with Gasteiger partial charge in [-0.15, -0.1) is 24.0 Å². The van der Waals surface area contributed by atoms with Crippen molar-refractivity contribution in [2.45, 2.75) is 20.0 Å². The third-order valence-electron chi connectivity index (χ3n) is 4.58. The number of nitrogens with zero attached hydrogens (tertiary/aromatic N) is 3. The Morgan fingerprint density at radius 2 is 1.90 bits per heavy atom. The highest BCUT2D eigenvalue weighted by atomic mass is 127. The topological polar surface area (TPSA) is 72.7 Å². The van der Waals surface area contributed by atoms with Crippen molar-refractivity contribution >= 4 is 29.9 Å². The second kappa shape index (κ2) is 13.0. The largest absolute Gasteiger partial charge is 0.491 e. The maximum Gasteiger partial charge on any atom is 0.191 e. The zero-order valence-electron chi connectivity index (χ0n) is 18.2. The van der Waals surface area contributed by atoms with Crippen LogP contribution in [-0.4, -0.2) is 43.1 Å². The van der Waals surface area contributed by atoms with Crippen LogP contribution in [0.25, 0.3) is 5.69 Å². The lowest BCUT2D eigenvalue weighted by Gasteiger charge is -2.16. The molecule has 0 aliphatic rings. The summed E-state index contributed by atoms with van der Waals surface area (Å²) in [5.74, 6) is 1.59. The monoisotopic (exact) mass is 535 g/mol. The van der Waals surface area contributed by atoms with Crippen LogP contribution in [0, 0.1) is 6.92 Å². The Morgan fingerprint density at radius 3 is 2.65 bits per heavy atom. The fourth-order valence-corrected chi connectivity index (χ4v) is 2.99. The summed E-state index contributed by atoms with van der Waals surface area (Å²) in [6.07, 6.45) is 3.70. The van der Waals surface area contributed by atoms with Gasteiger partial charge < -0.3 is 20.1 Å². The van der Waals surface area contributed by atoms with Crippen molar-refractivity contribution in [2.24, 2.45) is 4.99 Å². The van der Waals surface area contributed by atoms with Crippen LogP contribution in [0.2, 0.25) is 0 Å². The summed E-state index contributed by atoms with van der Waals surface area (Å²) >= 11 is 0. The van der Waals surface area contributed by atoms with Crippen LogP contribution in [0.1, 0.15) is 16.7 Å². The number of nitrogens with one attached hydrogen (secondary N) is 2. The van der Waals surface area contributed by atoms with Gasteiger partial charge in [0, 0.05) is 45.2 Å². The molecule has 0 unspecified atom stereocenters. The van der Waals surface area contributed by atoms with Gasteiger partial charge in [0.25, 0.3) is 0 Å². The fraction of sp³-hybridized carbons (Fsp3) is 0.304. The number of rotatable bonds is 9. The lowest BCUT2D eigenvalue weighted by Crippen LogP contribution is -2.36. The van der Waals surface area contributed by atoms with Gasteiger partial charge in [-0.25, -0.2) is 4.68 Å². The molecule has 0 spiro atoms. The summed E-state index contributed by atoms with van der Waals surface area (Å²) in [6.45, 7) is 4.39. The molecule has 0 saturated heterocycles. The first kappa shape index (κ1) is 24.7. The highest BCUT2D eigenvalue weighted by Gasteiger charge is 2.07. The summed E-state index contributed by atoms with van der Waals surface area (Å²) in [5, 5.41) is 11.0. The van der Waals surface area contributed by atoms with Crippen molar-refractivity contribution in [2.75, 3.05) is 27.4 Å². The summed E-state index contributed by atoms with van der Waals surface area (Å²) < 4.78 is 12.8. The molecule has 166 valence electrons. The maximum atomic E-state index is 5.87. The van der Waals surface area contributed by atoms with Gasteiger partial charge in [0.05, 0.1) is 12.3 Å². The number of hydrogen-bond donors (Lipinski definition) is 2. The van der Waals surface area contributed by atoms with E-state index >= 15 is 0 Å². The minimum atomic E-state index is 0. The van der Waals surface area contributed by atoms with E-state index in [0.717, 1.165) is 34.1 Å². The predicted molar refractivity (Wildman–Crippen MR) is 135 cm³/mol. The quantitative estimate of drug-likeness (QED) is 0.189. The molecular weight excluding hydrogens is 505 g/mol. The first-order valence-electron chi connectivity index (χ1n) is 9.94. The van der Waals surface area contributed by atoms with E-state index in [2.05, 4.69) is 51.9 Å². The van der Waals surface area contributed by atoms with E-state index in [1.54, 1.807) is 20.4 Å². The molecule has 0 saturated carbocycles. The van der Waals surface area contributed by atoms with Crippen molar-refractivity contribution in [3.05, 3.63) is 77.6 Å². The number of benzene rings is 2. The Hall–Kier alpha value is -2.59. The van der Waals surface area contributed by atoms with Crippen LogP contribution in [0.4, 0.5) is 0 Å². The summed E-state index contributed by atoms with van der Waals surface area (Å²) in [6, 6.07) is 16.4. The number of aromatic nitrogens is 2. The van der Waals surface area contributed by atoms with E-state index in [1.807, 2.05) is 35.1 Å². The average Bonchev–Trinajstić information content (AvgIpc) is 3.30. The van der Waals surface area contributed by atoms with Gasteiger partial charge in [-0.2, -0.15) is 5.10 Å². The van der Waals surface area contributed by atoms with Crippen molar-refractivity contribution in [1.82, 2.24) is 20.4 Å². The van der Waals surface area contributed by atoms with Gasteiger partial charge >= 0.3 is 0 Å². The number of methoxy groups -OCH3 is 1. The second-order valence-corrected chi connectivity index (χ2v) is 6.85. The predicted octanol–water partition coefficient (Wildman–Crippen LogP) is 3.69. The molecule has 0 fully saturated rings. The molecule has 3 aromatic rings. The minimum absolute atomic E-state index is 0. The molecule has 8 heteroatoms. The minimum Gasteiger partial charge on any atom is -0.491 e. The van der Waals surface area contributed by atoms with Crippen LogP contribution < -0.4 is 15.4 Å². The van der Waals surface area contributed by atoms with E-state index in [4.69, 9.17) is 9.47 Å². The van der Waals surface area contributed by atoms with Crippen LogP contribution >= 0.6 is 24.0 Å². The van der Waals surface area contributed by atoms with Crippen LogP contribution in [0.3, 0.4) is 0 Å². The molecule has 0 radical (unpaired) electrons. The average molecular weight is 535 g/mol. The summed E-state index contributed by atoms with van der Waals surface area (Å²) in [4.78, 5) is 4.33. The number of hydrogen-bond acceptors (Lipinski definition) is 4. The lowest BCUT2D eigenvalue weighted by atomic mass is 10.1. The molecule has 0 atom stereocenters. The molecule has 2 N–H and O–H groups in total. The molecule has 31 heavy (non-hydrogen) atoms. The number of guanidine groups is 1. The Labute approximate surface area is 200 Å². The van der Waals surface area contributed by atoms with Crippen molar-refractivity contribution in [3.8, 4) is 11.4 Å². The van der Waals surface area contributed by atoms with Gasteiger partial charge in [-0.3, -0.25) is 4.99 Å². The van der Waals surface area contributed by atoms with Crippen LogP contribution in [0.15, 0.2) is 65.9 Å². The third kappa shape index (κ3) is 7.55. The molecule has 1 heterocycles. The fourth-order valence-electron chi connectivity index (χ4n) is 2.99. The highest BCUT2D eigenvalue weighted by molar-refractivity contribution is 14.0. The highest BCUT2D eigenvalue weighted by Crippen LogP contribution is 2.20. The van der Waals surface area contributed by atoms with Gasteiger partial charge in [-0.05, 0) is 42.3 Å². The maximum absolute atomic E-state index is 5.87. The zero-order chi connectivity index (χ0) is 21.2.